The van der Waals surface area contributed by atoms with Crippen molar-refractivity contribution >= 4 is 45.5 Å². The SMILES string of the molecule is CSc1nc2sc3c(c2c(=S)[nH]1)CCC3. The van der Waals surface area contributed by atoms with Crippen molar-refractivity contribution in [2.24, 2.45) is 0 Å². The minimum atomic E-state index is 0.865. The molecule has 2 heterocycles. The van der Waals surface area contributed by atoms with E-state index in [9.17, 15) is 0 Å². The van der Waals surface area contributed by atoms with Crippen molar-refractivity contribution in [3.8, 4) is 0 Å². The summed E-state index contributed by atoms with van der Waals surface area (Å²) in [6, 6.07) is 0. The molecule has 2 aromatic heterocycles. The fourth-order valence-electron chi connectivity index (χ4n) is 2.08. The van der Waals surface area contributed by atoms with Crippen LogP contribution in [0.3, 0.4) is 0 Å². The number of hydrogen-bond donors (Lipinski definition) is 1. The van der Waals surface area contributed by atoms with Gasteiger partial charge >= 0.3 is 0 Å². The van der Waals surface area contributed by atoms with Crippen LogP contribution in [0, 0.1) is 4.64 Å². The second-order valence-electron chi connectivity index (χ2n) is 3.61. The Balaban J connectivity index is 2.39. The predicted molar refractivity (Wildman–Crippen MR) is 68.6 cm³/mol. The monoisotopic (exact) mass is 254 g/mol. The van der Waals surface area contributed by atoms with Gasteiger partial charge in [0.2, 0.25) is 0 Å². The van der Waals surface area contributed by atoms with E-state index in [1.165, 1.54) is 35.1 Å². The Kier molecular flexibility index (Phi) is 2.34. The van der Waals surface area contributed by atoms with Gasteiger partial charge < -0.3 is 4.98 Å². The second-order valence-corrected chi connectivity index (χ2v) is 5.90. The van der Waals surface area contributed by atoms with Gasteiger partial charge in [0.15, 0.2) is 5.16 Å². The molecule has 1 aliphatic carbocycles. The highest BCUT2D eigenvalue weighted by atomic mass is 32.2. The molecule has 2 nitrogen and oxygen atoms in total. The first-order valence-corrected chi connectivity index (χ1v) is 7.33. The van der Waals surface area contributed by atoms with Gasteiger partial charge in [-0.2, -0.15) is 0 Å². The van der Waals surface area contributed by atoms with Gasteiger partial charge in [-0.25, -0.2) is 4.98 Å². The number of fused-ring (bicyclic) bond motifs is 3. The van der Waals surface area contributed by atoms with E-state index >= 15 is 0 Å². The quantitative estimate of drug-likeness (QED) is 0.479. The van der Waals surface area contributed by atoms with Gasteiger partial charge in [-0.1, -0.05) is 24.0 Å². The molecule has 0 aliphatic heterocycles. The Labute approximate surface area is 101 Å². The maximum absolute atomic E-state index is 5.40. The zero-order valence-electron chi connectivity index (χ0n) is 8.29. The minimum absolute atomic E-state index is 0.865. The van der Waals surface area contributed by atoms with Crippen LogP contribution in [0.1, 0.15) is 16.9 Å². The summed E-state index contributed by atoms with van der Waals surface area (Å²) in [5.74, 6) is 0. The fourth-order valence-corrected chi connectivity index (χ4v) is 4.24. The number of H-pyrrole nitrogens is 1. The number of aryl methyl sites for hydroxylation is 2. The molecule has 2 aromatic rings. The molecule has 78 valence electrons. The van der Waals surface area contributed by atoms with Gasteiger partial charge in [0.25, 0.3) is 0 Å². The fraction of sp³-hybridized carbons (Fsp3) is 0.400. The van der Waals surface area contributed by atoms with Crippen LogP contribution < -0.4 is 0 Å². The van der Waals surface area contributed by atoms with Gasteiger partial charge in [-0.15, -0.1) is 11.3 Å². The number of thiophene rings is 1. The van der Waals surface area contributed by atoms with Crippen molar-refractivity contribution in [1.29, 1.82) is 0 Å². The first-order chi connectivity index (χ1) is 7.29. The zero-order chi connectivity index (χ0) is 10.4. The van der Waals surface area contributed by atoms with Crippen molar-refractivity contribution in [3.05, 3.63) is 15.1 Å². The third-order valence-electron chi connectivity index (χ3n) is 2.75. The lowest BCUT2D eigenvalue weighted by Gasteiger charge is -1.98. The van der Waals surface area contributed by atoms with Crippen molar-refractivity contribution < 1.29 is 0 Å². The van der Waals surface area contributed by atoms with Crippen LogP contribution in [0.15, 0.2) is 5.16 Å². The van der Waals surface area contributed by atoms with E-state index in [-0.39, 0.29) is 0 Å². The van der Waals surface area contributed by atoms with Crippen LogP contribution >= 0.6 is 35.3 Å². The summed E-state index contributed by atoms with van der Waals surface area (Å²) in [6.07, 6.45) is 5.67. The molecule has 0 saturated carbocycles. The van der Waals surface area contributed by atoms with Crippen LogP contribution in [-0.2, 0) is 12.8 Å². The van der Waals surface area contributed by atoms with E-state index < -0.39 is 0 Å². The van der Waals surface area contributed by atoms with E-state index in [2.05, 4.69) is 9.97 Å². The summed E-state index contributed by atoms with van der Waals surface area (Å²) in [5, 5.41) is 2.13. The predicted octanol–water partition coefficient (Wildman–Crippen LogP) is 3.56. The first kappa shape index (κ1) is 9.81. The third-order valence-corrected chi connectivity index (χ3v) is 4.82. The number of aromatic nitrogens is 2. The molecule has 0 bridgehead atoms. The molecule has 0 amide bonds. The maximum Gasteiger partial charge on any atom is 0.167 e. The molecular formula is C10H10N2S3. The Morgan fingerprint density at radius 1 is 1.47 bits per heavy atom. The summed E-state index contributed by atoms with van der Waals surface area (Å²) in [4.78, 5) is 10.4. The molecule has 0 spiro atoms. The molecule has 0 atom stereocenters. The van der Waals surface area contributed by atoms with Crippen LogP contribution in [0.25, 0.3) is 10.2 Å². The Morgan fingerprint density at radius 3 is 3.13 bits per heavy atom. The standard InChI is InChI=1S/C10H10N2S3/c1-14-10-11-8(13)7-5-3-2-4-6(5)15-9(7)12-10/h2-4H2,1H3,(H,11,12,13). The molecule has 5 heteroatoms. The Bertz CT molecular complexity index is 582. The van der Waals surface area contributed by atoms with Gasteiger partial charge in [0.1, 0.15) is 9.47 Å². The Hall–Kier alpha value is -0.390. The van der Waals surface area contributed by atoms with Gasteiger partial charge in [-0.3, -0.25) is 0 Å². The highest BCUT2D eigenvalue weighted by Gasteiger charge is 2.19. The normalized spacial score (nSPS) is 14.7. The van der Waals surface area contributed by atoms with Crippen LogP contribution in [0.5, 0.6) is 0 Å². The van der Waals surface area contributed by atoms with Crippen molar-refractivity contribution in [1.82, 2.24) is 9.97 Å². The smallest absolute Gasteiger partial charge is 0.167 e. The molecule has 0 aromatic carbocycles. The lowest BCUT2D eigenvalue weighted by Crippen LogP contribution is -1.87. The molecule has 3 rings (SSSR count). The number of nitrogens with one attached hydrogen (secondary N) is 1. The van der Waals surface area contributed by atoms with E-state index in [1.54, 1.807) is 11.8 Å². The third kappa shape index (κ3) is 1.45. The molecule has 1 N–H and O–H groups in total. The van der Waals surface area contributed by atoms with E-state index in [0.717, 1.165) is 14.6 Å². The second kappa shape index (κ2) is 3.57. The number of nitrogens with zero attached hydrogens (tertiary/aromatic N) is 1. The molecule has 15 heavy (non-hydrogen) atoms. The lowest BCUT2D eigenvalue weighted by molar-refractivity contribution is 0.915. The minimum Gasteiger partial charge on any atom is -0.325 e. The number of thioether (sulfide) groups is 1. The number of aromatic amines is 1. The van der Waals surface area contributed by atoms with E-state index in [4.69, 9.17) is 12.2 Å². The largest absolute Gasteiger partial charge is 0.325 e. The van der Waals surface area contributed by atoms with Crippen LogP contribution in [0.2, 0.25) is 0 Å². The molecule has 0 fully saturated rings. The lowest BCUT2D eigenvalue weighted by atomic mass is 10.2. The molecule has 0 unspecified atom stereocenters. The van der Waals surface area contributed by atoms with Crippen molar-refractivity contribution in [3.63, 3.8) is 0 Å². The molecular weight excluding hydrogens is 244 g/mol. The molecule has 1 aliphatic rings. The summed E-state index contributed by atoms with van der Waals surface area (Å²) in [7, 11) is 0. The van der Waals surface area contributed by atoms with Crippen molar-refractivity contribution in [2.45, 2.75) is 24.4 Å². The highest BCUT2D eigenvalue weighted by Crippen LogP contribution is 2.37. The average molecular weight is 254 g/mol. The van der Waals surface area contributed by atoms with E-state index in [0.29, 0.717) is 0 Å². The van der Waals surface area contributed by atoms with Crippen LogP contribution in [-0.4, -0.2) is 16.2 Å². The van der Waals surface area contributed by atoms with Gasteiger partial charge in [0.05, 0.1) is 0 Å². The van der Waals surface area contributed by atoms with Crippen LogP contribution in [0.4, 0.5) is 0 Å². The maximum atomic E-state index is 5.40. The summed E-state index contributed by atoms with van der Waals surface area (Å²) < 4.78 is 0.865. The molecule has 0 radical (unpaired) electrons. The first-order valence-electron chi connectivity index (χ1n) is 4.88. The number of rotatable bonds is 1. The summed E-state index contributed by atoms with van der Waals surface area (Å²) >= 11 is 8.83. The summed E-state index contributed by atoms with van der Waals surface area (Å²) in [5.41, 5.74) is 1.46. The topological polar surface area (TPSA) is 28.7 Å². The van der Waals surface area contributed by atoms with Gasteiger partial charge in [0, 0.05) is 10.3 Å². The summed E-state index contributed by atoms with van der Waals surface area (Å²) in [6.45, 7) is 0. The molecule has 0 saturated heterocycles. The van der Waals surface area contributed by atoms with Gasteiger partial charge in [-0.05, 0) is 31.1 Å². The Morgan fingerprint density at radius 2 is 2.33 bits per heavy atom. The van der Waals surface area contributed by atoms with E-state index in [1.807, 2.05) is 17.6 Å². The highest BCUT2D eigenvalue weighted by molar-refractivity contribution is 7.98. The average Bonchev–Trinajstić information content (AvgIpc) is 2.75. The number of hydrogen-bond acceptors (Lipinski definition) is 4. The zero-order valence-corrected chi connectivity index (χ0v) is 10.7. The van der Waals surface area contributed by atoms with Crippen molar-refractivity contribution in [2.75, 3.05) is 6.26 Å².